The average Bonchev–Trinajstić information content (AvgIpc) is 1.98. The van der Waals surface area contributed by atoms with E-state index in [0.717, 1.165) is 0 Å². The van der Waals surface area contributed by atoms with Crippen molar-refractivity contribution in [1.82, 2.24) is 4.92 Å². The van der Waals surface area contributed by atoms with Crippen molar-refractivity contribution < 1.29 is 0 Å². The van der Waals surface area contributed by atoms with Gasteiger partial charge in [0.15, 0.2) is 0 Å². The molecule has 1 aliphatic rings. The first-order valence-electron chi connectivity index (χ1n) is 2.76. The zero-order valence-corrected chi connectivity index (χ0v) is 5.28. The molecular formula is C4H5B3N2. The molecule has 2 nitrogen and oxygen atoms in total. The van der Waals surface area contributed by atoms with Crippen molar-refractivity contribution in [2.75, 3.05) is 0 Å². The van der Waals surface area contributed by atoms with Crippen LogP contribution in [0.5, 0.6) is 0 Å². The minimum Gasteiger partial charge on any atom is -0.359 e. The molecule has 0 aliphatic carbocycles. The molecule has 5 heteroatoms. The van der Waals surface area contributed by atoms with E-state index in [1.54, 1.807) is 0 Å². The molecule has 0 amide bonds. The summed E-state index contributed by atoms with van der Waals surface area (Å²) >= 11 is 0. The molecule has 0 spiro atoms. The van der Waals surface area contributed by atoms with Crippen molar-refractivity contribution >= 4 is 29.3 Å². The van der Waals surface area contributed by atoms with Gasteiger partial charge in [-0.15, -0.1) is 0 Å². The Morgan fingerprint density at radius 2 is 2.22 bits per heavy atom. The van der Waals surface area contributed by atoms with Crippen LogP contribution in [-0.2, 0) is 0 Å². The lowest BCUT2D eigenvalue weighted by Crippen LogP contribution is -2.30. The molecule has 1 rings (SSSR count). The molecule has 0 aromatic heterocycles. The smallest absolute Gasteiger partial charge is 0.255 e. The molecular weight excluding hydrogens is 108 g/mol. The van der Waals surface area contributed by atoms with Crippen molar-refractivity contribution in [3.63, 3.8) is 0 Å². The van der Waals surface area contributed by atoms with Gasteiger partial charge in [0, 0.05) is 0 Å². The second-order valence-electron chi connectivity index (χ2n) is 2.18. The van der Waals surface area contributed by atoms with E-state index in [-0.39, 0.29) is 11.9 Å². The summed E-state index contributed by atoms with van der Waals surface area (Å²) in [5.41, 5.74) is 0.505. The third-order valence-electron chi connectivity index (χ3n) is 1.52. The molecule has 0 saturated carbocycles. The number of rotatable bonds is 0. The van der Waals surface area contributed by atoms with Gasteiger partial charge in [-0.05, 0) is 17.5 Å². The van der Waals surface area contributed by atoms with Gasteiger partial charge in [-0.25, -0.2) is 5.10 Å². The fraction of sp³-hybridized carbons (Fsp3) is 0.750. The molecule has 0 fully saturated rings. The van der Waals surface area contributed by atoms with Crippen LogP contribution in [0.4, 0.5) is 0 Å². The SMILES string of the molecule is [B]C1=NN([B])C([B])C1C. The van der Waals surface area contributed by atoms with Gasteiger partial charge in [0.25, 0.3) is 7.98 Å². The molecule has 0 aromatic carbocycles. The first-order chi connectivity index (χ1) is 4.13. The van der Waals surface area contributed by atoms with Crippen LogP contribution in [0.2, 0.25) is 0 Å². The summed E-state index contributed by atoms with van der Waals surface area (Å²) in [7, 11) is 16.2. The molecule has 9 heavy (non-hydrogen) atoms. The molecule has 0 N–H and O–H groups in total. The molecule has 2 unspecified atom stereocenters. The van der Waals surface area contributed by atoms with Crippen molar-refractivity contribution in [2.45, 2.75) is 12.9 Å². The predicted molar refractivity (Wildman–Crippen MR) is 39.5 cm³/mol. The lowest BCUT2D eigenvalue weighted by atomic mass is 9.77. The van der Waals surface area contributed by atoms with Crippen molar-refractivity contribution in [1.29, 1.82) is 0 Å². The first-order valence-corrected chi connectivity index (χ1v) is 2.76. The van der Waals surface area contributed by atoms with Crippen molar-refractivity contribution in [2.24, 2.45) is 11.0 Å². The summed E-state index contributed by atoms with van der Waals surface area (Å²) in [4.78, 5) is 1.18. The zero-order valence-electron chi connectivity index (χ0n) is 5.28. The molecule has 0 saturated heterocycles. The molecule has 6 radical (unpaired) electrons. The normalized spacial score (nSPS) is 34.8. The van der Waals surface area contributed by atoms with E-state index in [0.29, 0.717) is 5.61 Å². The van der Waals surface area contributed by atoms with Gasteiger partial charge >= 0.3 is 0 Å². The minimum absolute atomic E-state index is 0.0648. The highest BCUT2D eigenvalue weighted by molar-refractivity contribution is 6.61. The van der Waals surface area contributed by atoms with Crippen LogP contribution in [0, 0.1) is 5.92 Å². The predicted octanol–water partition coefficient (Wildman–Crippen LogP) is -1.00. The number of nitrogens with zero attached hydrogens (tertiary/aromatic N) is 2. The van der Waals surface area contributed by atoms with Gasteiger partial charge in [-0.2, -0.15) is 0 Å². The standard InChI is InChI=1S/C4H5B3N2/c1-2-3(5)8-9(7)4(2)6/h2,4H,1H3. The van der Waals surface area contributed by atoms with Crippen LogP contribution in [0.3, 0.4) is 0 Å². The van der Waals surface area contributed by atoms with Crippen LogP contribution in [-0.4, -0.2) is 40.1 Å². The summed E-state index contributed by atoms with van der Waals surface area (Å²) < 4.78 is 0. The number of hydrogen-bond donors (Lipinski definition) is 0. The summed E-state index contributed by atoms with van der Waals surface area (Å²) in [6, 6.07) is 0. The monoisotopic (exact) mass is 114 g/mol. The lowest BCUT2D eigenvalue weighted by molar-refractivity contribution is 0.446. The van der Waals surface area contributed by atoms with Crippen LogP contribution < -0.4 is 0 Å². The van der Waals surface area contributed by atoms with Gasteiger partial charge in [0.2, 0.25) is 0 Å². The maximum Gasteiger partial charge on any atom is 0.255 e. The molecule has 1 heterocycles. The van der Waals surface area contributed by atoms with E-state index in [9.17, 15) is 0 Å². The van der Waals surface area contributed by atoms with Gasteiger partial charge < -0.3 is 4.92 Å². The third kappa shape index (κ3) is 1.00. The van der Waals surface area contributed by atoms with Gasteiger partial charge in [-0.3, -0.25) is 0 Å². The Hall–Kier alpha value is -0.335. The number of hydrogen-bond acceptors (Lipinski definition) is 2. The Morgan fingerprint density at radius 3 is 2.33 bits per heavy atom. The minimum atomic E-state index is -0.259. The van der Waals surface area contributed by atoms with Crippen molar-refractivity contribution in [3.8, 4) is 0 Å². The Bertz CT molecular complexity index is 147. The largest absolute Gasteiger partial charge is 0.359 e. The van der Waals surface area contributed by atoms with Crippen LogP contribution >= 0.6 is 0 Å². The van der Waals surface area contributed by atoms with E-state index in [1.165, 1.54) is 4.92 Å². The highest BCUT2D eigenvalue weighted by atomic mass is 15.4. The van der Waals surface area contributed by atoms with E-state index in [4.69, 9.17) is 23.7 Å². The molecule has 0 bridgehead atoms. The lowest BCUT2D eigenvalue weighted by Gasteiger charge is -2.18. The second kappa shape index (κ2) is 2.12. The Kier molecular flexibility index (Phi) is 1.60. The summed E-state index contributed by atoms with van der Waals surface area (Å²) in [6.07, 6.45) is 0. The molecule has 40 valence electrons. The summed E-state index contributed by atoms with van der Waals surface area (Å²) in [5, 5.41) is 3.73. The Morgan fingerprint density at radius 1 is 1.67 bits per heavy atom. The maximum atomic E-state index is 5.52. The fourth-order valence-corrected chi connectivity index (χ4v) is 0.695. The maximum absolute atomic E-state index is 5.52. The molecule has 2 atom stereocenters. The first kappa shape index (κ1) is 6.78. The highest BCUT2D eigenvalue weighted by Gasteiger charge is 2.22. The van der Waals surface area contributed by atoms with Gasteiger partial charge in [0.05, 0.1) is 0 Å². The van der Waals surface area contributed by atoms with Crippen LogP contribution in [0.1, 0.15) is 6.92 Å². The molecule has 1 aliphatic heterocycles. The Balaban J connectivity index is 2.70. The van der Waals surface area contributed by atoms with E-state index < -0.39 is 0 Å². The number of hydrazone groups is 1. The average molecular weight is 114 g/mol. The highest BCUT2D eigenvalue weighted by Crippen LogP contribution is 2.14. The second-order valence-corrected chi connectivity index (χ2v) is 2.18. The van der Waals surface area contributed by atoms with Gasteiger partial charge in [0.1, 0.15) is 15.7 Å². The van der Waals surface area contributed by atoms with E-state index >= 15 is 0 Å². The van der Waals surface area contributed by atoms with Crippen LogP contribution in [0.15, 0.2) is 5.10 Å². The fourth-order valence-electron chi connectivity index (χ4n) is 0.695. The van der Waals surface area contributed by atoms with Crippen LogP contribution in [0.25, 0.3) is 0 Å². The van der Waals surface area contributed by atoms with E-state index in [1.807, 2.05) is 6.92 Å². The quantitative estimate of drug-likeness (QED) is 0.368. The summed E-state index contributed by atoms with van der Waals surface area (Å²) in [5.74, 6) is -0.194. The zero-order chi connectivity index (χ0) is 7.02. The topological polar surface area (TPSA) is 15.6 Å². The Labute approximate surface area is 58.9 Å². The molecule has 0 aromatic rings. The van der Waals surface area contributed by atoms with E-state index in [2.05, 4.69) is 5.10 Å². The summed E-state index contributed by atoms with van der Waals surface area (Å²) in [6.45, 7) is 1.89. The van der Waals surface area contributed by atoms with Gasteiger partial charge in [-0.1, -0.05) is 6.92 Å². The van der Waals surface area contributed by atoms with Crippen molar-refractivity contribution in [3.05, 3.63) is 0 Å². The third-order valence-corrected chi connectivity index (χ3v) is 1.52.